The molecule has 0 amide bonds. The summed E-state index contributed by atoms with van der Waals surface area (Å²) in [6.07, 6.45) is 2.68. The van der Waals surface area contributed by atoms with Gasteiger partial charge in [0.15, 0.2) is 0 Å². The molecule has 7 nitrogen and oxygen atoms in total. The van der Waals surface area contributed by atoms with Crippen molar-refractivity contribution in [2.45, 2.75) is 11.1 Å². The number of anilines is 2. The Hall–Kier alpha value is -2.81. The van der Waals surface area contributed by atoms with Crippen LogP contribution in [0.1, 0.15) is 11.7 Å². The van der Waals surface area contributed by atoms with Crippen molar-refractivity contribution in [3.63, 3.8) is 0 Å². The van der Waals surface area contributed by atoms with E-state index in [0.717, 1.165) is 11.3 Å². The second-order valence-corrected chi connectivity index (χ2v) is 7.92. The second kappa shape index (κ2) is 6.73. The maximum atomic E-state index is 12.5. The molecule has 0 fully saturated rings. The van der Waals surface area contributed by atoms with Gasteiger partial charge in [0.05, 0.1) is 16.8 Å². The molecule has 0 saturated carbocycles. The van der Waals surface area contributed by atoms with Crippen LogP contribution in [-0.2, 0) is 10.0 Å². The highest BCUT2D eigenvalue weighted by molar-refractivity contribution is 7.92. The zero-order chi connectivity index (χ0) is 19.0. The van der Waals surface area contributed by atoms with E-state index in [4.69, 9.17) is 21.8 Å². The number of halogens is 1. The highest BCUT2D eigenvalue weighted by Gasteiger charge is 2.24. The van der Waals surface area contributed by atoms with E-state index >= 15 is 0 Å². The van der Waals surface area contributed by atoms with Gasteiger partial charge in [-0.05, 0) is 42.5 Å². The fourth-order valence-corrected chi connectivity index (χ4v) is 4.36. The van der Waals surface area contributed by atoms with Crippen LogP contribution in [0.4, 0.5) is 17.3 Å². The zero-order valence-electron chi connectivity index (χ0n) is 13.9. The molecule has 1 atom stereocenters. The Morgan fingerprint density at radius 1 is 1.11 bits per heavy atom. The maximum absolute atomic E-state index is 12.5. The van der Waals surface area contributed by atoms with Crippen molar-refractivity contribution >= 4 is 45.2 Å². The number of aliphatic imine (C=N–C) groups is 1. The van der Waals surface area contributed by atoms with Gasteiger partial charge in [-0.2, -0.15) is 0 Å². The third kappa shape index (κ3) is 3.30. The molecule has 0 spiro atoms. The van der Waals surface area contributed by atoms with Crippen molar-refractivity contribution < 1.29 is 12.8 Å². The van der Waals surface area contributed by atoms with Crippen molar-refractivity contribution in [3.05, 3.63) is 71.4 Å². The van der Waals surface area contributed by atoms with Gasteiger partial charge in [0.25, 0.3) is 10.0 Å². The number of benzene rings is 2. The minimum atomic E-state index is -3.78. The molecule has 9 heteroatoms. The molecule has 2 aromatic carbocycles. The topological polar surface area (TPSA) is 101 Å². The summed E-state index contributed by atoms with van der Waals surface area (Å²) in [5.74, 6) is 0.489. The van der Waals surface area contributed by atoms with E-state index < -0.39 is 16.2 Å². The third-order valence-electron chi connectivity index (χ3n) is 4.14. The van der Waals surface area contributed by atoms with Gasteiger partial charge in [-0.15, -0.1) is 0 Å². The lowest BCUT2D eigenvalue weighted by Crippen LogP contribution is -2.35. The van der Waals surface area contributed by atoms with Gasteiger partial charge >= 0.3 is 0 Å². The van der Waals surface area contributed by atoms with Gasteiger partial charge in [0.2, 0.25) is 5.88 Å². The Morgan fingerprint density at radius 3 is 2.59 bits per heavy atom. The molecular formula is C18H15ClN4O3S. The molecule has 1 aromatic heterocycles. The lowest BCUT2D eigenvalue weighted by molar-refractivity contribution is 0.567. The van der Waals surface area contributed by atoms with E-state index in [1.165, 1.54) is 18.4 Å². The quantitative estimate of drug-likeness (QED) is 0.689. The first-order valence-electron chi connectivity index (χ1n) is 7.98. The maximum Gasteiger partial charge on any atom is 0.263 e. The van der Waals surface area contributed by atoms with Crippen LogP contribution in [-0.4, -0.2) is 14.8 Å². The van der Waals surface area contributed by atoms with Crippen molar-refractivity contribution in [1.82, 2.24) is 0 Å². The van der Waals surface area contributed by atoms with Crippen LogP contribution in [0.25, 0.3) is 0 Å². The first-order valence-corrected chi connectivity index (χ1v) is 9.85. The normalized spacial score (nSPS) is 16.2. The molecule has 0 radical (unpaired) electrons. The zero-order valence-corrected chi connectivity index (χ0v) is 15.5. The van der Waals surface area contributed by atoms with E-state index in [1.807, 2.05) is 0 Å². The van der Waals surface area contributed by atoms with Crippen LogP contribution in [0, 0.1) is 0 Å². The molecule has 138 valence electrons. The number of nitrogens with one attached hydrogen (secondary N) is 1. The Kier molecular flexibility index (Phi) is 4.39. The van der Waals surface area contributed by atoms with Gasteiger partial charge in [-0.1, -0.05) is 23.7 Å². The lowest BCUT2D eigenvalue weighted by atomic mass is 10.2. The van der Waals surface area contributed by atoms with Gasteiger partial charge in [-0.25, -0.2) is 13.4 Å². The van der Waals surface area contributed by atoms with Gasteiger partial charge < -0.3 is 15.1 Å². The molecular weight excluding hydrogens is 388 g/mol. The highest BCUT2D eigenvalue weighted by Crippen LogP contribution is 2.34. The molecule has 1 aliphatic heterocycles. The molecule has 0 saturated heterocycles. The minimum absolute atomic E-state index is 0.0217. The van der Waals surface area contributed by atoms with Gasteiger partial charge in [0.1, 0.15) is 17.4 Å². The predicted molar refractivity (Wildman–Crippen MR) is 105 cm³/mol. The van der Waals surface area contributed by atoms with Crippen LogP contribution in [0.15, 0.2) is 75.2 Å². The number of hydrogen-bond acceptors (Lipinski definition) is 6. The number of furan rings is 1. The standard InChI is InChI=1S/C18H15ClN4O3S/c19-15-3-1-2-4-16(15)27(24,25)22-12-5-7-13(8-6-12)23-11-21-18-14(17(23)20)9-10-26-18/h1-11,17,22H,20H2. The summed E-state index contributed by atoms with van der Waals surface area (Å²) in [5.41, 5.74) is 8.20. The Morgan fingerprint density at radius 2 is 1.85 bits per heavy atom. The van der Waals surface area contributed by atoms with E-state index in [0.29, 0.717) is 11.6 Å². The highest BCUT2D eigenvalue weighted by atomic mass is 35.5. The molecule has 4 rings (SSSR count). The molecule has 1 unspecified atom stereocenters. The summed E-state index contributed by atoms with van der Waals surface area (Å²) in [6, 6.07) is 14.8. The molecule has 1 aliphatic rings. The lowest BCUT2D eigenvalue weighted by Gasteiger charge is -2.29. The number of fused-ring (bicyclic) bond motifs is 1. The van der Waals surface area contributed by atoms with Crippen LogP contribution in [0.3, 0.4) is 0 Å². The SMILES string of the molecule is NC1c2ccoc2N=CN1c1ccc(NS(=O)(=O)c2ccccc2Cl)cc1. The smallest absolute Gasteiger partial charge is 0.263 e. The van der Waals surface area contributed by atoms with E-state index in [1.54, 1.807) is 53.7 Å². The van der Waals surface area contributed by atoms with Gasteiger partial charge in [0, 0.05) is 11.4 Å². The summed E-state index contributed by atoms with van der Waals surface area (Å²) >= 11 is 5.99. The summed E-state index contributed by atoms with van der Waals surface area (Å²) < 4.78 is 32.8. The van der Waals surface area contributed by atoms with Crippen LogP contribution < -0.4 is 15.4 Å². The van der Waals surface area contributed by atoms with Crippen molar-refractivity contribution in [2.75, 3.05) is 9.62 Å². The molecule has 3 aromatic rings. The Labute approximate surface area is 161 Å². The summed E-state index contributed by atoms with van der Waals surface area (Å²) in [5, 5.41) is 0.160. The fraction of sp³-hybridized carbons (Fsp3) is 0.0556. The number of sulfonamides is 1. The van der Waals surface area contributed by atoms with Crippen molar-refractivity contribution in [3.8, 4) is 0 Å². The molecule has 0 aliphatic carbocycles. The Balaban J connectivity index is 1.56. The van der Waals surface area contributed by atoms with Crippen LogP contribution >= 0.6 is 11.6 Å². The summed E-state index contributed by atoms with van der Waals surface area (Å²) in [6.45, 7) is 0. The Bertz CT molecular complexity index is 1110. The number of hydrogen-bond donors (Lipinski definition) is 2. The largest absolute Gasteiger partial charge is 0.446 e. The molecule has 27 heavy (non-hydrogen) atoms. The van der Waals surface area contributed by atoms with Crippen molar-refractivity contribution in [1.29, 1.82) is 0 Å². The van der Waals surface area contributed by atoms with E-state index in [9.17, 15) is 8.42 Å². The van der Waals surface area contributed by atoms with E-state index in [-0.39, 0.29) is 9.92 Å². The summed E-state index contributed by atoms with van der Waals surface area (Å²) in [4.78, 5) is 6.01. The third-order valence-corrected chi connectivity index (χ3v) is 6.02. The van der Waals surface area contributed by atoms with Gasteiger partial charge in [-0.3, -0.25) is 4.72 Å². The minimum Gasteiger partial charge on any atom is -0.446 e. The fourth-order valence-electron chi connectivity index (χ4n) is 2.78. The van der Waals surface area contributed by atoms with Crippen LogP contribution in [0.5, 0.6) is 0 Å². The van der Waals surface area contributed by atoms with Crippen molar-refractivity contribution in [2.24, 2.45) is 10.7 Å². The van der Waals surface area contributed by atoms with E-state index in [2.05, 4.69) is 9.71 Å². The monoisotopic (exact) mass is 402 g/mol. The van der Waals surface area contributed by atoms with Crippen LogP contribution in [0.2, 0.25) is 5.02 Å². The number of rotatable bonds is 4. The first kappa shape index (κ1) is 17.6. The molecule has 0 bridgehead atoms. The average Bonchev–Trinajstić information content (AvgIpc) is 3.13. The summed E-state index contributed by atoms with van der Waals surface area (Å²) in [7, 11) is -3.78. The first-order chi connectivity index (χ1) is 13.0. The predicted octanol–water partition coefficient (Wildman–Crippen LogP) is 3.87. The second-order valence-electron chi connectivity index (χ2n) is 5.86. The number of nitrogens with zero attached hydrogens (tertiary/aromatic N) is 2. The molecule has 3 N–H and O–H groups in total. The molecule has 2 heterocycles. The number of nitrogens with two attached hydrogens (primary N) is 1. The average molecular weight is 403 g/mol.